The summed E-state index contributed by atoms with van der Waals surface area (Å²) in [6, 6.07) is 7.10. The number of methoxy groups -OCH3 is 1. The first-order valence-electron chi connectivity index (χ1n) is 6.85. The van der Waals surface area contributed by atoms with Crippen LogP contribution in [0.2, 0.25) is 0 Å². The van der Waals surface area contributed by atoms with Gasteiger partial charge in [0.25, 0.3) is 5.84 Å². The summed E-state index contributed by atoms with van der Waals surface area (Å²) in [5.74, 6) is 0.377. The zero-order chi connectivity index (χ0) is 15.9. The van der Waals surface area contributed by atoms with Crippen molar-refractivity contribution >= 4 is 29.6 Å². The van der Waals surface area contributed by atoms with Crippen molar-refractivity contribution in [3.63, 3.8) is 0 Å². The van der Waals surface area contributed by atoms with Crippen LogP contribution < -0.4 is 4.74 Å². The Morgan fingerprint density at radius 3 is 2.55 bits per heavy atom. The van der Waals surface area contributed by atoms with Crippen LogP contribution in [0.15, 0.2) is 35.3 Å². The molecule has 0 aromatic heterocycles. The van der Waals surface area contributed by atoms with Gasteiger partial charge in [-0.05, 0) is 29.3 Å². The minimum atomic E-state index is -0.564. The van der Waals surface area contributed by atoms with Crippen LogP contribution in [0.5, 0.6) is 5.75 Å². The summed E-state index contributed by atoms with van der Waals surface area (Å²) in [6.45, 7) is 0. The van der Waals surface area contributed by atoms with Crippen molar-refractivity contribution < 1.29 is 18.9 Å². The number of amidine groups is 1. The standard InChI is InChI=1S/C16H16N3O3/c1-18-14-13(15(20)19(2)16(18)21)12(8-9-17-14)10-4-6-11(22-3)7-5-10/h4-9,13H,1-3H3/q+1. The van der Waals surface area contributed by atoms with E-state index < -0.39 is 5.92 Å². The number of urea groups is 1. The molecule has 1 aromatic rings. The van der Waals surface area contributed by atoms with Crippen LogP contribution in [0, 0.1) is 5.92 Å². The van der Waals surface area contributed by atoms with Gasteiger partial charge >= 0.3 is 11.9 Å². The summed E-state index contributed by atoms with van der Waals surface area (Å²) in [7, 11) is 4.72. The van der Waals surface area contributed by atoms with Crippen LogP contribution >= 0.6 is 0 Å². The predicted octanol–water partition coefficient (Wildman–Crippen LogP) is 1.41. The number of nitrogens with zero attached hydrogens (tertiary/aromatic N) is 3. The molecule has 0 N–H and O–H groups in total. The molecule has 1 atom stereocenters. The van der Waals surface area contributed by atoms with Crippen LogP contribution in [0.25, 0.3) is 5.57 Å². The third kappa shape index (κ3) is 2.04. The van der Waals surface area contributed by atoms with Gasteiger partial charge in [-0.2, -0.15) is 9.48 Å². The summed E-state index contributed by atoms with van der Waals surface area (Å²) in [4.78, 5) is 29.9. The lowest BCUT2D eigenvalue weighted by Crippen LogP contribution is -2.52. The molecular formula is C16H16N3O3+. The zero-order valence-electron chi connectivity index (χ0n) is 12.6. The Labute approximate surface area is 128 Å². The Bertz CT molecular complexity index is 744. The first-order valence-corrected chi connectivity index (χ1v) is 6.85. The van der Waals surface area contributed by atoms with E-state index in [0.29, 0.717) is 5.84 Å². The third-order valence-electron chi connectivity index (χ3n) is 3.95. The van der Waals surface area contributed by atoms with Crippen molar-refractivity contribution in [3.8, 4) is 5.75 Å². The first kappa shape index (κ1) is 14.2. The van der Waals surface area contributed by atoms with E-state index in [0.717, 1.165) is 21.8 Å². The second kappa shape index (κ2) is 5.22. The number of carbonyl (C=O) groups is 2. The van der Waals surface area contributed by atoms with Gasteiger partial charge in [-0.15, -0.1) is 4.99 Å². The number of amides is 3. The Hall–Kier alpha value is -2.76. The normalized spacial score (nSPS) is 21.0. The monoisotopic (exact) mass is 298 g/mol. The van der Waals surface area contributed by atoms with E-state index in [-0.39, 0.29) is 11.9 Å². The van der Waals surface area contributed by atoms with E-state index >= 15 is 0 Å². The van der Waals surface area contributed by atoms with Crippen LogP contribution in [0.4, 0.5) is 4.79 Å². The molecule has 3 amide bonds. The predicted molar refractivity (Wildman–Crippen MR) is 82.3 cm³/mol. The van der Waals surface area contributed by atoms with Crippen molar-refractivity contribution in [2.45, 2.75) is 0 Å². The van der Waals surface area contributed by atoms with Gasteiger partial charge in [0.2, 0.25) is 0 Å². The molecule has 0 aliphatic carbocycles. The van der Waals surface area contributed by atoms with Crippen LogP contribution in [-0.2, 0) is 4.79 Å². The molecule has 0 spiro atoms. The second-order valence-corrected chi connectivity index (χ2v) is 5.16. The van der Waals surface area contributed by atoms with E-state index in [1.54, 1.807) is 20.4 Å². The largest absolute Gasteiger partial charge is 0.497 e. The van der Waals surface area contributed by atoms with E-state index in [4.69, 9.17) is 4.74 Å². The lowest BCUT2D eigenvalue weighted by Gasteiger charge is -2.26. The van der Waals surface area contributed by atoms with Crippen LogP contribution in [-0.4, -0.2) is 54.7 Å². The molecule has 6 nitrogen and oxygen atoms in total. The summed E-state index contributed by atoms with van der Waals surface area (Å²) >= 11 is 0. The summed E-state index contributed by atoms with van der Waals surface area (Å²) in [5, 5.41) is 0. The Morgan fingerprint density at radius 1 is 1.23 bits per heavy atom. The Balaban J connectivity index is 2.09. The van der Waals surface area contributed by atoms with Crippen molar-refractivity contribution in [1.82, 2.24) is 4.90 Å². The van der Waals surface area contributed by atoms with Gasteiger partial charge < -0.3 is 4.74 Å². The minimum absolute atomic E-state index is 0.267. The lowest BCUT2D eigenvalue weighted by atomic mass is 9.87. The number of carbonyl (C=O) groups excluding carboxylic acids is 2. The SMILES string of the molecule is COc1ccc(C2=CC=NC3=[N+](C)C(=O)N(C)C(=O)C23)cc1. The fourth-order valence-electron chi connectivity index (χ4n) is 2.68. The zero-order valence-corrected chi connectivity index (χ0v) is 12.6. The van der Waals surface area contributed by atoms with Crippen LogP contribution in [0.1, 0.15) is 5.56 Å². The summed E-state index contributed by atoms with van der Waals surface area (Å²) in [5.41, 5.74) is 1.72. The lowest BCUT2D eigenvalue weighted by molar-refractivity contribution is -0.407. The van der Waals surface area contributed by atoms with Crippen molar-refractivity contribution in [2.24, 2.45) is 10.9 Å². The number of hydrogen-bond donors (Lipinski definition) is 0. The maximum Gasteiger partial charge on any atom is 0.445 e. The molecule has 2 aliphatic heterocycles. The highest BCUT2D eigenvalue weighted by Crippen LogP contribution is 2.31. The fourth-order valence-corrected chi connectivity index (χ4v) is 2.68. The highest BCUT2D eigenvalue weighted by atomic mass is 16.5. The molecule has 3 rings (SSSR count). The summed E-state index contributed by atoms with van der Waals surface area (Å²) in [6.07, 6.45) is 3.43. The van der Waals surface area contributed by atoms with Gasteiger partial charge in [-0.1, -0.05) is 12.1 Å². The van der Waals surface area contributed by atoms with E-state index in [2.05, 4.69) is 4.99 Å². The molecule has 2 aliphatic rings. The molecule has 0 fully saturated rings. The van der Waals surface area contributed by atoms with Gasteiger partial charge in [-0.3, -0.25) is 4.79 Å². The number of allylic oxidation sites excluding steroid dienone is 1. The topological polar surface area (TPSA) is 62.0 Å². The van der Waals surface area contributed by atoms with Gasteiger partial charge in [0.1, 0.15) is 12.0 Å². The average Bonchev–Trinajstić information content (AvgIpc) is 2.57. The number of dihydropyridines is 1. The highest BCUT2D eigenvalue weighted by molar-refractivity contribution is 6.21. The quantitative estimate of drug-likeness (QED) is 0.776. The molecule has 2 heterocycles. The molecule has 112 valence electrons. The Kier molecular flexibility index (Phi) is 3.36. The molecule has 0 radical (unpaired) electrons. The first-order chi connectivity index (χ1) is 10.5. The average molecular weight is 298 g/mol. The number of aliphatic imine (C=N–C) groups is 1. The molecule has 1 aromatic carbocycles. The third-order valence-corrected chi connectivity index (χ3v) is 3.95. The number of rotatable bonds is 2. The number of hydrogen-bond acceptors (Lipinski definition) is 4. The van der Waals surface area contributed by atoms with Gasteiger partial charge in [0.15, 0.2) is 5.92 Å². The molecule has 22 heavy (non-hydrogen) atoms. The molecule has 1 unspecified atom stereocenters. The van der Waals surface area contributed by atoms with Crippen LogP contribution in [0.3, 0.4) is 0 Å². The number of fused-ring (bicyclic) bond motifs is 1. The molecule has 0 saturated heterocycles. The highest BCUT2D eigenvalue weighted by Gasteiger charge is 2.47. The summed E-state index contributed by atoms with van der Waals surface area (Å²) < 4.78 is 6.57. The second-order valence-electron chi connectivity index (χ2n) is 5.16. The maximum atomic E-state index is 12.5. The van der Waals surface area contributed by atoms with E-state index in [1.807, 2.05) is 30.3 Å². The molecule has 0 saturated carbocycles. The van der Waals surface area contributed by atoms with Crippen molar-refractivity contribution in [3.05, 3.63) is 35.9 Å². The fraction of sp³-hybridized carbons (Fsp3) is 0.250. The number of benzene rings is 1. The smallest absolute Gasteiger partial charge is 0.445 e. The van der Waals surface area contributed by atoms with Gasteiger partial charge in [0.05, 0.1) is 21.2 Å². The molecule has 0 bridgehead atoms. The van der Waals surface area contributed by atoms with E-state index in [1.165, 1.54) is 11.6 Å². The van der Waals surface area contributed by atoms with Crippen molar-refractivity contribution in [1.29, 1.82) is 0 Å². The van der Waals surface area contributed by atoms with Gasteiger partial charge in [-0.25, -0.2) is 4.79 Å². The van der Waals surface area contributed by atoms with Crippen molar-refractivity contribution in [2.75, 3.05) is 21.2 Å². The van der Waals surface area contributed by atoms with Gasteiger partial charge in [0, 0.05) is 0 Å². The number of imide groups is 1. The number of ether oxygens (including phenoxy) is 1. The Morgan fingerprint density at radius 2 is 1.91 bits per heavy atom. The minimum Gasteiger partial charge on any atom is -0.497 e. The van der Waals surface area contributed by atoms with E-state index in [9.17, 15) is 9.59 Å². The molecule has 6 heteroatoms. The molecular weight excluding hydrogens is 282 g/mol. The maximum absolute atomic E-state index is 12.5.